The van der Waals surface area contributed by atoms with Crippen molar-refractivity contribution in [3.63, 3.8) is 0 Å². The molecule has 0 saturated carbocycles. The molecule has 2 rings (SSSR count). The predicted octanol–water partition coefficient (Wildman–Crippen LogP) is 5.00. The topological polar surface area (TPSA) is 17.1 Å². The summed E-state index contributed by atoms with van der Waals surface area (Å²) in [6.45, 7) is 0. The Balaban J connectivity index is 2.17. The molecule has 0 fully saturated rings. The van der Waals surface area contributed by atoms with Gasteiger partial charge in [0.25, 0.3) is 0 Å². The van der Waals surface area contributed by atoms with Gasteiger partial charge in [0.2, 0.25) is 0 Å². The third kappa shape index (κ3) is 3.31. The van der Waals surface area contributed by atoms with Gasteiger partial charge in [0.15, 0.2) is 5.78 Å². The molecule has 0 aliphatic rings. The van der Waals surface area contributed by atoms with Crippen LogP contribution in [0, 0.1) is 0 Å². The van der Waals surface area contributed by atoms with Gasteiger partial charge in [-0.05, 0) is 48.0 Å². The second-order valence-corrected chi connectivity index (χ2v) is 5.02. The van der Waals surface area contributed by atoms with Crippen LogP contribution >= 0.6 is 27.5 Å². The molecule has 0 heterocycles. The molecule has 0 atom stereocenters. The summed E-state index contributed by atoms with van der Waals surface area (Å²) in [4.78, 5) is 11.9. The highest BCUT2D eigenvalue weighted by atomic mass is 79.9. The summed E-state index contributed by atoms with van der Waals surface area (Å²) in [6, 6.07) is 14.6. The Kier molecular flexibility index (Phi) is 4.34. The Morgan fingerprint density at radius 3 is 2.39 bits per heavy atom. The Hall–Kier alpha value is -1.38. The fraction of sp³-hybridized carbons (Fsp3) is 0. The van der Waals surface area contributed by atoms with E-state index in [0.717, 1.165) is 10.0 Å². The lowest BCUT2D eigenvalue weighted by Crippen LogP contribution is -1.93. The van der Waals surface area contributed by atoms with Crippen LogP contribution in [-0.2, 0) is 0 Å². The number of carbonyl (C=O) groups is 1. The molecule has 0 amide bonds. The third-order valence-electron chi connectivity index (χ3n) is 2.45. The first-order valence-corrected chi connectivity index (χ1v) is 6.56. The zero-order chi connectivity index (χ0) is 13.0. The van der Waals surface area contributed by atoms with Crippen LogP contribution in [0.4, 0.5) is 0 Å². The van der Waals surface area contributed by atoms with Crippen LogP contribution in [0.3, 0.4) is 0 Å². The summed E-state index contributed by atoms with van der Waals surface area (Å²) in [5.41, 5.74) is 1.60. The summed E-state index contributed by atoms with van der Waals surface area (Å²) in [6.07, 6.45) is 3.35. The molecule has 3 heteroatoms. The number of benzene rings is 2. The quantitative estimate of drug-likeness (QED) is 0.574. The van der Waals surface area contributed by atoms with Crippen molar-refractivity contribution >= 4 is 39.4 Å². The monoisotopic (exact) mass is 320 g/mol. The minimum absolute atomic E-state index is 0.0394. The summed E-state index contributed by atoms with van der Waals surface area (Å²) in [7, 11) is 0. The van der Waals surface area contributed by atoms with Crippen molar-refractivity contribution in [2.24, 2.45) is 0 Å². The number of hydrogen-bond donors (Lipinski definition) is 0. The first-order chi connectivity index (χ1) is 8.66. The van der Waals surface area contributed by atoms with Crippen LogP contribution in [0.15, 0.2) is 59.1 Å². The Morgan fingerprint density at radius 2 is 1.72 bits per heavy atom. The number of halogens is 2. The summed E-state index contributed by atoms with van der Waals surface area (Å²) in [5.74, 6) is -0.0394. The Bertz CT molecular complexity index is 588. The lowest BCUT2D eigenvalue weighted by Gasteiger charge is -1.98. The second kappa shape index (κ2) is 5.98. The van der Waals surface area contributed by atoms with Gasteiger partial charge in [-0.1, -0.05) is 45.7 Å². The first kappa shape index (κ1) is 13.1. The van der Waals surface area contributed by atoms with E-state index in [1.807, 2.05) is 24.3 Å². The van der Waals surface area contributed by atoms with E-state index in [1.165, 1.54) is 0 Å². The average Bonchev–Trinajstić information content (AvgIpc) is 2.38. The van der Waals surface area contributed by atoms with Gasteiger partial charge in [-0.2, -0.15) is 0 Å². The zero-order valence-corrected chi connectivity index (χ0v) is 11.8. The van der Waals surface area contributed by atoms with E-state index in [9.17, 15) is 4.79 Å². The summed E-state index contributed by atoms with van der Waals surface area (Å²) < 4.78 is 0.963. The molecule has 0 unspecified atom stereocenters. The summed E-state index contributed by atoms with van der Waals surface area (Å²) >= 11 is 9.21. The number of carbonyl (C=O) groups excluding carboxylic acids is 1. The SMILES string of the molecule is O=C(C=Cc1ccccc1Br)c1ccc(Cl)cc1. The fourth-order valence-electron chi connectivity index (χ4n) is 1.49. The van der Waals surface area contributed by atoms with Crippen LogP contribution in [0.5, 0.6) is 0 Å². The molecule has 18 heavy (non-hydrogen) atoms. The third-order valence-corrected chi connectivity index (χ3v) is 3.42. The van der Waals surface area contributed by atoms with Gasteiger partial charge in [-0.3, -0.25) is 4.79 Å². The predicted molar refractivity (Wildman–Crippen MR) is 79.0 cm³/mol. The van der Waals surface area contributed by atoms with Crippen molar-refractivity contribution in [2.75, 3.05) is 0 Å². The van der Waals surface area contributed by atoms with Crippen LogP contribution < -0.4 is 0 Å². The van der Waals surface area contributed by atoms with Gasteiger partial charge >= 0.3 is 0 Å². The molecule has 0 N–H and O–H groups in total. The molecule has 0 saturated heterocycles. The van der Waals surface area contributed by atoms with E-state index in [1.54, 1.807) is 36.4 Å². The Labute approximate surface area is 119 Å². The lowest BCUT2D eigenvalue weighted by atomic mass is 10.1. The van der Waals surface area contributed by atoms with Crippen LogP contribution in [0.2, 0.25) is 5.02 Å². The van der Waals surface area contributed by atoms with Crippen molar-refractivity contribution in [2.45, 2.75) is 0 Å². The standard InChI is InChI=1S/C15H10BrClO/c16-14-4-2-1-3-11(14)7-10-15(18)12-5-8-13(17)9-6-12/h1-10H. The molecule has 90 valence electrons. The maximum atomic E-state index is 11.9. The van der Waals surface area contributed by atoms with Gasteiger partial charge in [0.05, 0.1) is 0 Å². The maximum Gasteiger partial charge on any atom is 0.185 e. The van der Waals surface area contributed by atoms with Gasteiger partial charge in [0.1, 0.15) is 0 Å². The van der Waals surface area contributed by atoms with Gasteiger partial charge in [0, 0.05) is 15.1 Å². The molecular weight excluding hydrogens is 312 g/mol. The van der Waals surface area contributed by atoms with Gasteiger partial charge in [-0.25, -0.2) is 0 Å². The van der Waals surface area contributed by atoms with Crippen molar-refractivity contribution in [3.05, 3.63) is 75.2 Å². The highest BCUT2D eigenvalue weighted by Gasteiger charge is 2.01. The van der Waals surface area contributed by atoms with E-state index >= 15 is 0 Å². The molecule has 2 aromatic rings. The molecule has 1 nitrogen and oxygen atoms in total. The van der Waals surface area contributed by atoms with E-state index in [-0.39, 0.29) is 5.78 Å². The molecule has 0 radical (unpaired) electrons. The molecule has 2 aromatic carbocycles. The minimum atomic E-state index is -0.0394. The summed E-state index contributed by atoms with van der Waals surface area (Å²) in [5, 5.41) is 0.626. The first-order valence-electron chi connectivity index (χ1n) is 5.39. The van der Waals surface area contributed by atoms with E-state index in [2.05, 4.69) is 15.9 Å². The molecule has 0 aromatic heterocycles. The smallest absolute Gasteiger partial charge is 0.185 e. The van der Waals surface area contributed by atoms with E-state index < -0.39 is 0 Å². The van der Waals surface area contributed by atoms with Crippen molar-refractivity contribution < 1.29 is 4.79 Å². The average molecular weight is 322 g/mol. The van der Waals surface area contributed by atoms with Crippen LogP contribution in [0.1, 0.15) is 15.9 Å². The van der Waals surface area contributed by atoms with E-state index in [4.69, 9.17) is 11.6 Å². The number of ketones is 1. The number of hydrogen-bond acceptors (Lipinski definition) is 1. The molecule has 0 aliphatic carbocycles. The highest BCUT2D eigenvalue weighted by Crippen LogP contribution is 2.18. The molecule has 0 aliphatic heterocycles. The van der Waals surface area contributed by atoms with Crippen LogP contribution in [-0.4, -0.2) is 5.78 Å². The van der Waals surface area contributed by atoms with Crippen molar-refractivity contribution in [1.82, 2.24) is 0 Å². The number of rotatable bonds is 3. The molecular formula is C15H10BrClO. The van der Waals surface area contributed by atoms with Gasteiger partial charge < -0.3 is 0 Å². The van der Waals surface area contributed by atoms with Gasteiger partial charge in [-0.15, -0.1) is 0 Å². The van der Waals surface area contributed by atoms with Crippen LogP contribution in [0.25, 0.3) is 6.08 Å². The van der Waals surface area contributed by atoms with Crippen molar-refractivity contribution in [3.8, 4) is 0 Å². The molecule has 0 spiro atoms. The van der Waals surface area contributed by atoms with Crippen molar-refractivity contribution in [1.29, 1.82) is 0 Å². The Morgan fingerprint density at radius 1 is 1.06 bits per heavy atom. The minimum Gasteiger partial charge on any atom is -0.289 e. The normalized spacial score (nSPS) is 10.8. The number of allylic oxidation sites excluding steroid dienone is 1. The fourth-order valence-corrected chi connectivity index (χ4v) is 2.03. The second-order valence-electron chi connectivity index (χ2n) is 3.73. The van der Waals surface area contributed by atoms with E-state index in [0.29, 0.717) is 10.6 Å². The highest BCUT2D eigenvalue weighted by molar-refractivity contribution is 9.10. The lowest BCUT2D eigenvalue weighted by molar-refractivity contribution is 0.104. The maximum absolute atomic E-state index is 11.9. The largest absolute Gasteiger partial charge is 0.289 e. The molecule has 0 bridgehead atoms. The zero-order valence-electron chi connectivity index (χ0n) is 9.44.